The summed E-state index contributed by atoms with van der Waals surface area (Å²) in [6.07, 6.45) is 3.52. The molecule has 16 heavy (non-hydrogen) atoms. The molecule has 1 fully saturated rings. The molecular weight excluding hydrogens is 200 g/mol. The second kappa shape index (κ2) is 5.67. The highest BCUT2D eigenvalue weighted by molar-refractivity contribution is 5.81. The Morgan fingerprint density at radius 2 is 2.12 bits per heavy atom. The van der Waals surface area contributed by atoms with E-state index in [9.17, 15) is 4.79 Å². The summed E-state index contributed by atoms with van der Waals surface area (Å²) in [5.41, 5.74) is -0.271. The van der Waals surface area contributed by atoms with Crippen LogP contribution in [0.2, 0.25) is 0 Å². The van der Waals surface area contributed by atoms with Gasteiger partial charge in [-0.15, -0.1) is 0 Å². The molecule has 1 rings (SSSR count). The van der Waals surface area contributed by atoms with Crippen molar-refractivity contribution in [2.45, 2.75) is 53.0 Å². The Morgan fingerprint density at radius 1 is 1.44 bits per heavy atom. The van der Waals surface area contributed by atoms with Gasteiger partial charge in [-0.1, -0.05) is 27.7 Å². The predicted molar refractivity (Wildman–Crippen MR) is 67.4 cm³/mol. The van der Waals surface area contributed by atoms with Crippen molar-refractivity contribution in [3.63, 3.8) is 0 Å². The maximum Gasteiger partial charge on any atom is 0.225 e. The van der Waals surface area contributed by atoms with Crippen molar-refractivity contribution in [2.24, 2.45) is 5.41 Å². The Labute approximate surface area is 99.6 Å². The molecule has 1 aliphatic heterocycles. The quantitative estimate of drug-likeness (QED) is 0.798. The van der Waals surface area contributed by atoms with E-state index in [0.717, 1.165) is 19.5 Å². The molecule has 1 atom stereocenters. The fourth-order valence-electron chi connectivity index (χ4n) is 2.09. The minimum atomic E-state index is -0.271. The van der Waals surface area contributed by atoms with E-state index in [2.05, 4.69) is 17.1 Å². The third kappa shape index (κ3) is 4.12. The molecule has 1 unspecified atom stereocenters. The van der Waals surface area contributed by atoms with Gasteiger partial charge in [-0.05, 0) is 32.4 Å². The second-order valence-corrected chi connectivity index (χ2v) is 5.86. The molecule has 3 nitrogen and oxygen atoms in total. The van der Waals surface area contributed by atoms with Crippen molar-refractivity contribution in [2.75, 3.05) is 19.6 Å². The van der Waals surface area contributed by atoms with Crippen LogP contribution in [0.25, 0.3) is 0 Å². The number of amides is 1. The number of nitrogens with one attached hydrogen (secondary N) is 1. The number of carbonyl (C=O) groups is 1. The first-order chi connectivity index (χ1) is 7.43. The zero-order valence-corrected chi connectivity index (χ0v) is 11.2. The third-order valence-electron chi connectivity index (χ3n) is 3.06. The van der Waals surface area contributed by atoms with Crippen molar-refractivity contribution in [1.82, 2.24) is 10.2 Å². The molecule has 0 radical (unpaired) electrons. The van der Waals surface area contributed by atoms with Gasteiger partial charge in [-0.3, -0.25) is 4.79 Å². The van der Waals surface area contributed by atoms with Crippen LogP contribution in [-0.2, 0) is 4.79 Å². The molecule has 1 heterocycles. The lowest BCUT2D eigenvalue weighted by Gasteiger charge is -2.34. The van der Waals surface area contributed by atoms with E-state index in [1.54, 1.807) is 0 Å². The zero-order valence-electron chi connectivity index (χ0n) is 11.2. The van der Waals surface area contributed by atoms with E-state index in [4.69, 9.17) is 0 Å². The van der Waals surface area contributed by atoms with Crippen molar-refractivity contribution in [3.8, 4) is 0 Å². The number of hydrogen-bond acceptors (Lipinski definition) is 2. The Kier molecular flexibility index (Phi) is 4.78. The SMILES string of the molecule is CCCN1CCCC(NC(=O)C(C)(C)C)C1. The van der Waals surface area contributed by atoms with E-state index >= 15 is 0 Å². The van der Waals surface area contributed by atoms with Gasteiger partial charge in [-0.25, -0.2) is 0 Å². The fraction of sp³-hybridized carbons (Fsp3) is 0.923. The molecule has 1 aliphatic rings. The first kappa shape index (κ1) is 13.5. The maximum atomic E-state index is 11.9. The van der Waals surface area contributed by atoms with Crippen LogP contribution in [0.1, 0.15) is 47.0 Å². The van der Waals surface area contributed by atoms with Gasteiger partial charge in [0.25, 0.3) is 0 Å². The van der Waals surface area contributed by atoms with Crippen LogP contribution in [0, 0.1) is 5.41 Å². The monoisotopic (exact) mass is 226 g/mol. The van der Waals surface area contributed by atoms with Gasteiger partial charge in [0.2, 0.25) is 5.91 Å². The third-order valence-corrected chi connectivity index (χ3v) is 3.06. The Morgan fingerprint density at radius 3 is 2.69 bits per heavy atom. The summed E-state index contributed by atoms with van der Waals surface area (Å²) in [6, 6.07) is 0.354. The molecule has 0 aromatic carbocycles. The zero-order chi connectivity index (χ0) is 12.2. The largest absolute Gasteiger partial charge is 0.352 e. The topological polar surface area (TPSA) is 32.3 Å². The number of rotatable bonds is 3. The number of likely N-dealkylation sites (tertiary alicyclic amines) is 1. The van der Waals surface area contributed by atoms with Gasteiger partial charge >= 0.3 is 0 Å². The average molecular weight is 226 g/mol. The molecule has 1 saturated heterocycles. The standard InChI is InChI=1S/C13H26N2O/c1-5-8-15-9-6-7-11(10-15)14-12(16)13(2,3)4/h11H,5-10H2,1-4H3,(H,14,16). The Balaban J connectivity index is 2.40. The maximum absolute atomic E-state index is 11.9. The van der Waals surface area contributed by atoms with Crippen LogP contribution in [0.3, 0.4) is 0 Å². The van der Waals surface area contributed by atoms with E-state index in [1.807, 2.05) is 20.8 Å². The van der Waals surface area contributed by atoms with E-state index in [-0.39, 0.29) is 11.3 Å². The van der Waals surface area contributed by atoms with Gasteiger partial charge in [-0.2, -0.15) is 0 Å². The van der Waals surface area contributed by atoms with Gasteiger partial charge in [0.05, 0.1) is 0 Å². The van der Waals surface area contributed by atoms with Crippen LogP contribution in [0.15, 0.2) is 0 Å². The first-order valence-electron chi connectivity index (χ1n) is 6.47. The Hall–Kier alpha value is -0.570. The molecule has 1 amide bonds. The average Bonchev–Trinajstić information content (AvgIpc) is 2.17. The molecule has 0 aromatic heterocycles. The minimum absolute atomic E-state index is 0.177. The second-order valence-electron chi connectivity index (χ2n) is 5.86. The predicted octanol–water partition coefficient (Wildman–Crippen LogP) is 2.02. The molecule has 3 heteroatoms. The van der Waals surface area contributed by atoms with Crippen molar-refractivity contribution >= 4 is 5.91 Å². The summed E-state index contributed by atoms with van der Waals surface area (Å²) in [5.74, 6) is 0.177. The molecule has 1 N–H and O–H groups in total. The number of piperidine rings is 1. The molecule has 0 bridgehead atoms. The summed E-state index contributed by atoms with van der Waals surface area (Å²) in [4.78, 5) is 14.3. The van der Waals surface area contributed by atoms with Crippen molar-refractivity contribution < 1.29 is 4.79 Å². The summed E-state index contributed by atoms with van der Waals surface area (Å²) < 4.78 is 0. The highest BCUT2D eigenvalue weighted by atomic mass is 16.2. The smallest absolute Gasteiger partial charge is 0.225 e. The Bertz CT molecular complexity index is 231. The fourth-order valence-corrected chi connectivity index (χ4v) is 2.09. The number of hydrogen-bond donors (Lipinski definition) is 1. The highest BCUT2D eigenvalue weighted by Gasteiger charge is 2.26. The van der Waals surface area contributed by atoms with E-state index < -0.39 is 0 Å². The van der Waals surface area contributed by atoms with Gasteiger partial charge in [0, 0.05) is 18.0 Å². The summed E-state index contributed by atoms with van der Waals surface area (Å²) in [6.45, 7) is 11.5. The summed E-state index contributed by atoms with van der Waals surface area (Å²) in [7, 11) is 0. The molecular formula is C13H26N2O. The summed E-state index contributed by atoms with van der Waals surface area (Å²) in [5, 5.41) is 3.17. The van der Waals surface area contributed by atoms with Gasteiger partial charge in [0.15, 0.2) is 0 Å². The van der Waals surface area contributed by atoms with E-state index in [0.29, 0.717) is 6.04 Å². The van der Waals surface area contributed by atoms with Crippen molar-refractivity contribution in [1.29, 1.82) is 0 Å². The highest BCUT2D eigenvalue weighted by Crippen LogP contribution is 2.16. The molecule has 0 aromatic rings. The normalized spacial score (nSPS) is 23.1. The van der Waals surface area contributed by atoms with Crippen LogP contribution in [0.4, 0.5) is 0 Å². The van der Waals surface area contributed by atoms with Crippen LogP contribution in [-0.4, -0.2) is 36.5 Å². The number of carbonyl (C=O) groups excluding carboxylic acids is 1. The van der Waals surface area contributed by atoms with Crippen molar-refractivity contribution in [3.05, 3.63) is 0 Å². The lowest BCUT2D eigenvalue weighted by molar-refractivity contribution is -0.129. The molecule has 94 valence electrons. The lowest BCUT2D eigenvalue weighted by atomic mass is 9.94. The lowest BCUT2D eigenvalue weighted by Crippen LogP contribution is -2.50. The van der Waals surface area contributed by atoms with Crippen LogP contribution in [0.5, 0.6) is 0 Å². The minimum Gasteiger partial charge on any atom is -0.352 e. The van der Waals surface area contributed by atoms with Gasteiger partial charge in [0.1, 0.15) is 0 Å². The van der Waals surface area contributed by atoms with E-state index in [1.165, 1.54) is 19.4 Å². The molecule has 0 spiro atoms. The molecule has 0 aliphatic carbocycles. The molecule has 0 saturated carbocycles. The van der Waals surface area contributed by atoms with Gasteiger partial charge < -0.3 is 10.2 Å². The summed E-state index contributed by atoms with van der Waals surface area (Å²) >= 11 is 0. The van der Waals surface area contributed by atoms with Crippen LogP contribution < -0.4 is 5.32 Å². The number of nitrogens with zero attached hydrogens (tertiary/aromatic N) is 1. The first-order valence-corrected chi connectivity index (χ1v) is 6.47. The van der Waals surface area contributed by atoms with Crippen LogP contribution >= 0.6 is 0 Å².